The molecule has 0 radical (unpaired) electrons. The fourth-order valence-corrected chi connectivity index (χ4v) is 2.79. The van der Waals surface area contributed by atoms with Crippen molar-refractivity contribution in [2.24, 2.45) is 5.41 Å². The van der Waals surface area contributed by atoms with Gasteiger partial charge in [0.05, 0.1) is 5.41 Å². The van der Waals surface area contributed by atoms with Gasteiger partial charge < -0.3 is 10.6 Å². The molecule has 1 aromatic rings. The fraction of sp³-hybridized carbons (Fsp3) is 0.500. The molecule has 17 heavy (non-hydrogen) atoms. The fourth-order valence-electron chi connectivity index (χ4n) is 2.79. The first kappa shape index (κ1) is 10.8. The normalized spacial score (nSPS) is 26.9. The van der Waals surface area contributed by atoms with E-state index in [9.17, 15) is 4.79 Å². The van der Waals surface area contributed by atoms with Crippen LogP contribution in [0, 0.1) is 5.41 Å². The molecule has 2 fully saturated rings. The van der Waals surface area contributed by atoms with E-state index in [2.05, 4.69) is 41.8 Å². The van der Waals surface area contributed by atoms with Gasteiger partial charge in [0.1, 0.15) is 0 Å². The van der Waals surface area contributed by atoms with Gasteiger partial charge in [-0.25, -0.2) is 0 Å². The van der Waals surface area contributed by atoms with Crippen LogP contribution in [-0.2, 0) is 4.79 Å². The summed E-state index contributed by atoms with van der Waals surface area (Å²) in [4.78, 5) is 11.7. The van der Waals surface area contributed by atoms with Crippen LogP contribution < -0.4 is 10.6 Å². The molecule has 0 bridgehead atoms. The first-order valence-corrected chi connectivity index (χ1v) is 6.32. The summed E-state index contributed by atoms with van der Waals surface area (Å²) in [6.45, 7) is 2.93. The summed E-state index contributed by atoms with van der Waals surface area (Å²) in [5, 5.41) is 6.57. The minimum absolute atomic E-state index is 0.0803. The largest absolute Gasteiger partial charge is 0.354 e. The second-order valence-corrected chi connectivity index (χ2v) is 5.22. The number of rotatable bonds is 3. The predicted molar refractivity (Wildman–Crippen MR) is 66.5 cm³/mol. The van der Waals surface area contributed by atoms with Crippen LogP contribution in [0.2, 0.25) is 0 Å². The molecule has 3 heteroatoms. The molecule has 2 aliphatic rings. The Kier molecular flexibility index (Phi) is 2.44. The third-order valence-electron chi connectivity index (χ3n) is 4.13. The molecule has 2 N–H and O–H groups in total. The molecule has 2 atom stereocenters. The standard InChI is InChI=1S/C14H18N2O/c1-10(11-5-3-2-4-6-11)16-12-9-15-13(17)14(12)7-8-14/h2-6,10,12,16H,7-9H2,1H3,(H,15,17)/t10-,12?/m0/s1. The Morgan fingerprint density at radius 2 is 2.06 bits per heavy atom. The number of hydrogen-bond donors (Lipinski definition) is 2. The van der Waals surface area contributed by atoms with Crippen LogP contribution in [0.5, 0.6) is 0 Å². The van der Waals surface area contributed by atoms with Crippen molar-refractivity contribution in [2.45, 2.75) is 31.8 Å². The molecule has 0 aromatic heterocycles. The van der Waals surface area contributed by atoms with Crippen LogP contribution in [-0.4, -0.2) is 18.5 Å². The minimum Gasteiger partial charge on any atom is -0.354 e. The van der Waals surface area contributed by atoms with Crippen molar-refractivity contribution in [3.8, 4) is 0 Å². The van der Waals surface area contributed by atoms with Gasteiger partial charge >= 0.3 is 0 Å². The maximum Gasteiger partial charge on any atom is 0.227 e. The molecule has 1 heterocycles. The lowest BCUT2D eigenvalue weighted by Gasteiger charge is -2.22. The summed E-state index contributed by atoms with van der Waals surface area (Å²) in [5.74, 6) is 0.246. The summed E-state index contributed by atoms with van der Waals surface area (Å²) >= 11 is 0. The zero-order valence-electron chi connectivity index (χ0n) is 10.1. The van der Waals surface area contributed by atoms with Gasteiger partial charge in [-0.2, -0.15) is 0 Å². The third-order valence-corrected chi connectivity index (χ3v) is 4.13. The van der Waals surface area contributed by atoms with Gasteiger partial charge in [0.25, 0.3) is 0 Å². The quantitative estimate of drug-likeness (QED) is 0.828. The molecular formula is C14H18N2O. The lowest BCUT2D eigenvalue weighted by molar-refractivity contribution is -0.123. The predicted octanol–water partition coefficient (Wildman–Crippen LogP) is 1.62. The topological polar surface area (TPSA) is 41.1 Å². The number of amides is 1. The van der Waals surface area contributed by atoms with Crippen LogP contribution in [0.25, 0.3) is 0 Å². The van der Waals surface area contributed by atoms with Gasteiger partial charge in [0, 0.05) is 18.6 Å². The van der Waals surface area contributed by atoms with E-state index < -0.39 is 0 Å². The highest BCUT2D eigenvalue weighted by atomic mass is 16.2. The Hall–Kier alpha value is -1.35. The minimum atomic E-state index is -0.0803. The highest BCUT2D eigenvalue weighted by molar-refractivity contribution is 5.88. The second kappa shape index (κ2) is 3.84. The van der Waals surface area contributed by atoms with Gasteiger partial charge in [-0.05, 0) is 25.3 Å². The molecule has 3 nitrogen and oxygen atoms in total. The summed E-state index contributed by atoms with van der Waals surface area (Å²) in [5.41, 5.74) is 1.20. The van der Waals surface area contributed by atoms with E-state index in [0.29, 0.717) is 12.1 Å². The van der Waals surface area contributed by atoms with E-state index in [4.69, 9.17) is 0 Å². The van der Waals surface area contributed by atoms with Crippen molar-refractivity contribution >= 4 is 5.91 Å². The summed E-state index contributed by atoms with van der Waals surface area (Å²) < 4.78 is 0. The van der Waals surface area contributed by atoms with Crippen LogP contribution in [0.4, 0.5) is 0 Å². The molecule has 1 amide bonds. The van der Waals surface area contributed by atoms with E-state index >= 15 is 0 Å². The molecular weight excluding hydrogens is 212 g/mol. The zero-order valence-corrected chi connectivity index (χ0v) is 10.1. The SMILES string of the molecule is C[C@H](NC1CNC(=O)C12CC2)c1ccccc1. The zero-order chi connectivity index (χ0) is 11.9. The van der Waals surface area contributed by atoms with Crippen molar-refractivity contribution in [1.82, 2.24) is 10.6 Å². The molecule has 1 saturated carbocycles. The Balaban J connectivity index is 1.70. The monoisotopic (exact) mass is 230 g/mol. The van der Waals surface area contributed by atoms with Crippen molar-refractivity contribution in [3.63, 3.8) is 0 Å². The Bertz CT molecular complexity index is 425. The first-order chi connectivity index (χ1) is 8.22. The molecule has 1 unspecified atom stereocenters. The van der Waals surface area contributed by atoms with Crippen LogP contribution in [0.3, 0.4) is 0 Å². The average molecular weight is 230 g/mol. The molecule has 3 rings (SSSR count). The maximum absolute atomic E-state index is 11.7. The Labute approximate surface area is 102 Å². The lowest BCUT2D eigenvalue weighted by atomic mass is 9.98. The van der Waals surface area contributed by atoms with Crippen molar-refractivity contribution in [1.29, 1.82) is 0 Å². The van der Waals surface area contributed by atoms with E-state index in [1.54, 1.807) is 0 Å². The molecule has 1 aliphatic carbocycles. The van der Waals surface area contributed by atoms with E-state index in [1.807, 2.05) is 6.07 Å². The first-order valence-electron chi connectivity index (χ1n) is 6.32. The lowest BCUT2D eigenvalue weighted by Crippen LogP contribution is -2.39. The Morgan fingerprint density at radius 1 is 1.35 bits per heavy atom. The maximum atomic E-state index is 11.7. The highest BCUT2D eigenvalue weighted by Crippen LogP contribution is 2.51. The molecule has 1 spiro atoms. The molecule has 1 saturated heterocycles. The van der Waals surface area contributed by atoms with Gasteiger partial charge in [-0.3, -0.25) is 4.79 Å². The highest BCUT2D eigenvalue weighted by Gasteiger charge is 2.59. The van der Waals surface area contributed by atoms with Crippen molar-refractivity contribution in [2.75, 3.05) is 6.54 Å². The van der Waals surface area contributed by atoms with E-state index in [1.165, 1.54) is 5.56 Å². The van der Waals surface area contributed by atoms with Crippen molar-refractivity contribution in [3.05, 3.63) is 35.9 Å². The number of nitrogens with one attached hydrogen (secondary N) is 2. The van der Waals surface area contributed by atoms with Crippen LogP contribution in [0.15, 0.2) is 30.3 Å². The third kappa shape index (κ3) is 1.75. The van der Waals surface area contributed by atoms with Gasteiger partial charge in [0.2, 0.25) is 5.91 Å². The van der Waals surface area contributed by atoms with E-state index in [-0.39, 0.29) is 11.3 Å². The molecule has 1 aliphatic heterocycles. The second-order valence-electron chi connectivity index (χ2n) is 5.22. The number of hydrogen-bond acceptors (Lipinski definition) is 2. The van der Waals surface area contributed by atoms with Gasteiger partial charge in [0.15, 0.2) is 0 Å². The smallest absolute Gasteiger partial charge is 0.227 e. The van der Waals surface area contributed by atoms with Crippen LogP contribution in [0.1, 0.15) is 31.4 Å². The number of carbonyl (C=O) groups is 1. The number of carbonyl (C=O) groups excluding carboxylic acids is 1. The summed E-state index contributed by atoms with van der Waals surface area (Å²) in [6.07, 6.45) is 2.08. The summed E-state index contributed by atoms with van der Waals surface area (Å²) in [6, 6.07) is 11.0. The molecule has 90 valence electrons. The van der Waals surface area contributed by atoms with Crippen LogP contribution >= 0.6 is 0 Å². The van der Waals surface area contributed by atoms with Gasteiger partial charge in [-0.1, -0.05) is 30.3 Å². The van der Waals surface area contributed by atoms with Gasteiger partial charge in [-0.15, -0.1) is 0 Å². The average Bonchev–Trinajstić information content (AvgIpc) is 3.10. The van der Waals surface area contributed by atoms with Crippen molar-refractivity contribution < 1.29 is 4.79 Å². The van der Waals surface area contributed by atoms with E-state index in [0.717, 1.165) is 19.4 Å². The number of benzene rings is 1. The Morgan fingerprint density at radius 3 is 2.71 bits per heavy atom. The molecule has 1 aromatic carbocycles. The summed E-state index contributed by atoms with van der Waals surface area (Å²) in [7, 11) is 0.